The molecule has 10 heteroatoms. The molecule has 0 saturated heterocycles. The standard InChI is InChI=1S/C35H30F3N3O3S/c1-2-40(34-30(27-17-8-9-18-29(27)45-34)31(42)39-20-22-11-4-3-5-12-22)21-28-25-15-6-7-16-26(25)32(43)41(33(28)44)24-14-10-13-23(19-24)35(36,37)38/h3-7,10-16,19,21H,2,8-9,17-18,20H2,1H3,(H,39,42)/b28-21-. The highest BCUT2D eigenvalue weighted by Gasteiger charge is 2.38. The summed E-state index contributed by atoms with van der Waals surface area (Å²) >= 11 is 1.52. The molecule has 45 heavy (non-hydrogen) atoms. The van der Waals surface area contributed by atoms with Gasteiger partial charge in [0.15, 0.2) is 0 Å². The number of carbonyl (C=O) groups is 3. The van der Waals surface area contributed by atoms with E-state index in [1.165, 1.54) is 23.5 Å². The SMILES string of the molecule is CCN(/C=C1\C(=O)N(c2cccc(C(F)(F)F)c2)C(=O)c2ccccc21)c1sc2c(c1C(=O)NCc1ccccc1)CCCC2. The number of hydrogen-bond donors (Lipinski definition) is 1. The second-order valence-corrected chi connectivity index (χ2v) is 12.0. The van der Waals surface area contributed by atoms with Crippen LogP contribution in [-0.2, 0) is 30.4 Å². The van der Waals surface area contributed by atoms with Gasteiger partial charge in [0.05, 0.1) is 22.4 Å². The van der Waals surface area contributed by atoms with Crippen LogP contribution in [0.4, 0.5) is 23.9 Å². The van der Waals surface area contributed by atoms with E-state index in [0.717, 1.165) is 58.7 Å². The first-order valence-corrected chi connectivity index (χ1v) is 15.6. The van der Waals surface area contributed by atoms with Crippen molar-refractivity contribution in [1.82, 2.24) is 5.32 Å². The van der Waals surface area contributed by atoms with Gasteiger partial charge in [-0.05, 0) is 68.0 Å². The molecule has 0 bridgehead atoms. The van der Waals surface area contributed by atoms with Crippen molar-refractivity contribution in [2.75, 3.05) is 16.3 Å². The van der Waals surface area contributed by atoms with Gasteiger partial charge in [-0.3, -0.25) is 14.4 Å². The molecule has 1 aromatic heterocycles. The predicted octanol–water partition coefficient (Wildman–Crippen LogP) is 7.63. The van der Waals surface area contributed by atoms with Crippen LogP contribution in [-0.4, -0.2) is 24.3 Å². The Bertz CT molecular complexity index is 1810. The molecule has 6 rings (SSSR count). The fraction of sp³-hybridized carbons (Fsp3) is 0.229. The topological polar surface area (TPSA) is 69.7 Å². The summed E-state index contributed by atoms with van der Waals surface area (Å²) in [7, 11) is 0. The van der Waals surface area contributed by atoms with Gasteiger partial charge in [0.2, 0.25) is 0 Å². The number of carbonyl (C=O) groups excluding carboxylic acids is 3. The molecule has 0 fully saturated rings. The summed E-state index contributed by atoms with van der Waals surface area (Å²) in [6, 6.07) is 20.4. The lowest BCUT2D eigenvalue weighted by Gasteiger charge is -2.30. The molecule has 0 saturated carbocycles. The third-order valence-electron chi connectivity index (χ3n) is 8.08. The third kappa shape index (κ3) is 5.90. The highest BCUT2D eigenvalue weighted by Crippen LogP contribution is 2.42. The number of benzene rings is 3. The molecule has 1 N–H and O–H groups in total. The summed E-state index contributed by atoms with van der Waals surface area (Å²) in [5.74, 6) is -1.66. The molecule has 0 radical (unpaired) electrons. The van der Waals surface area contributed by atoms with Crippen molar-refractivity contribution in [2.45, 2.75) is 45.3 Å². The van der Waals surface area contributed by atoms with Gasteiger partial charge in [0.25, 0.3) is 17.7 Å². The number of rotatable bonds is 7. The fourth-order valence-electron chi connectivity index (χ4n) is 5.84. The van der Waals surface area contributed by atoms with Crippen molar-refractivity contribution < 1.29 is 27.6 Å². The van der Waals surface area contributed by atoms with Crippen molar-refractivity contribution in [3.8, 4) is 0 Å². The van der Waals surface area contributed by atoms with E-state index in [1.54, 1.807) is 30.5 Å². The highest BCUT2D eigenvalue weighted by atomic mass is 32.1. The maximum Gasteiger partial charge on any atom is 0.416 e. The van der Waals surface area contributed by atoms with E-state index >= 15 is 0 Å². The van der Waals surface area contributed by atoms with Crippen LogP contribution in [0.5, 0.6) is 0 Å². The smallest absolute Gasteiger partial charge is 0.348 e. The fourth-order valence-corrected chi connectivity index (χ4v) is 7.26. The summed E-state index contributed by atoms with van der Waals surface area (Å²) in [4.78, 5) is 45.2. The number of anilines is 2. The summed E-state index contributed by atoms with van der Waals surface area (Å²) in [5.41, 5.74) is 2.15. The van der Waals surface area contributed by atoms with Crippen molar-refractivity contribution in [2.24, 2.45) is 0 Å². The van der Waals surface area contributed by atoms with Crippen LogP contribution in [0, 0.1) is 0 Å². The van der Waals surface area contributed by atoms with E-state index in [9.17, 15) is 27.6 Å². The number of imide groups is 1. The molecule has 2 aliphatic rings. The first kappa shape index (κ1) is 30.3. The van der Waals surface area contributed by atoms with Crippen molar-refractivity contribution in [3.63, 3.8) is 0 Å². The zero-order valence-corrected chi connectivity index (χ0v) is 25.3. The van der Waals surface area contributed by atoms with Crippen LogP contribution < -0.4 is 15.1 Å². The minimum absolute atomic E-state index is 0.145. The van der Waals surface area contributed by atoms with Gasteiger partial charge in [-0.15, -0.1) is 11.3 Å². The third-order valence-corrected chi connectivity index (χ3v) is 9.41. The van der Waals surface area contributed by atoms with E-state index in [4.69, 9.17) is 0 Å². The van der Waals surface area contributed by atoms with E-state index in [1.807, 2.05) is 42.2 Å². The Balaban J connectivity index is 1.43. The number of nitrogens with one attached hydrogen (secondary N) is 1. The van der Waals surface area contributed by atoms with E-state index in [0.29, 0.717) is 29.2 Å². The first-order valence-electron chi connectivity index (χ1n) is 14.8. The van der Waals surface area contributed by atoms with Crippen LogP contribution in [0.25, 0.3) is 5.57 Å². The summed E-state index contributed by atoms with van der Waals surface area (Å²) in [5, 5.41) is 3.75. The maximum absolute atomic E-state index is 14.1. The van der Waals surface area contributed by atoms with Crippen LogP contribution in [0.15, 0.2) is 85.1 Å². The molecular weight excluding hydrogens is 599 g/mol. The number of fused-ring (bicyclic) bond motifs is 2. The number of aryl methyl sites for hydroxylation is 1. The molecule has 3 amide bonds. The molecule has 2 heterocycles. The number of alkyl halides is 3. The first-order chi connectivity index (χ1) is 21.7. The predicted molar refractivity (Wildman–Crippen MR) is 169 cm³/mol. The number of halogens is 3. The Morgan fingerprint density at radius 2 is 1.64 bits per heavy atom. The van der Waals surface area contributed by atoms with Gasteiger partial charge >= 0.3 is 6.18 Å². The Labute approximate surface area is 262 Å². The monoisotopic (exact) mass is 629 g/mol. The van der Waals surface area contributed by atoms with Crippen LogP contribution >= 0.6 is 11.3 Å². The molecule has 0 unspecified atom stereocenters. The van der Waals surface area contributed by atoms with Crippen molar-refractivity contribution >= 4 is 45.3 Å². The van der Waals surface area contributed by atoms with Crippen LogP contribution in [0.1, 0.15) is 67.6 Å². The molecule has 4 aromatic rings. The molecule has 6 nitrogen and oxygen atoms in total. The minimum Gasteiger partial charge on any atom is -0.348 e. The molecule has 1 aliphatic heterocycles. The highest BCUT2D eigenvalue weighted by molar-refractivity contribution is 7.16. The Kier molecular flexibility index (Phi) is 8.33. The minimum atomic E-state index is -4.65. The molecular formula is C35H30F3N3O3S. The molecule has 0 spiro atoms. The van der Waals surface area contributed by atoms with Crippen molar-refractivity contribution in [3.05, 3.63) is 123 Å². The summed E-state index contributed by atoms with van der Waals surface area (Å²) < 4.78 is 40.7. The van der Waals surface area contributed by atoms with Gasteiger partial charge in [0.1, 0.15) is 5.00 Å². The number of thiophene rings is 1. The Hall–Kier alpha value is -4.70. The zero-order valence-electron chi connectivity index (χ0n) is 24.5. The molecule has 230 valence electrons. The molecule has 0 atom stereocenters. The Morgan fingerprint density at radius 1 is 0.933 bits per heavy atom. The van der Waals surface area contributed by atoms with Gasteiger partial charge in [-0.25, -0.2) is 4.90 Å². The van der Waals surface area contributed by atoms with E-state index < -0.39 is 23.6 Å². The Morgan fingerprint density at radius 3 is 2.38 bits per heavy atom. The second kappa shape index (κ2) is 12.4. The summed E-state index contributed by atoms with van der Waals surface area (Å²) in [6.45, 7) is 2.65. The lowest BCUT2D eigenvalue weighted by Crippen LogP contribution is -2.42. The lowest BCUT2D eigenvalue weighted by atomic mass is 9.93. The average molecular weight is 630 g/mol. The van der Waals surface area contributed by atoms with E-state index in [-0.39, 0.29) is 22.7 Å². The number of amides is 3. The van der Waals surface area contributed by atoms with Gasteiger partial charge < -0.3 is 10.2 Å². The van der Waals surface area contributed by atoms with Gasteiger partial charge in [0, 0.05) is 35.3 Å². The largest absolute Gasteiger partial charge is 0.416 e. The zero-order chi connectivity index (χ0) is 31.7. The molecule has 1 aliphatic carbocycles. The van der Waals surface area contributed by atoms with E-state index in [2.05, 4.69) is 5.32 Å². The number of nitrogens with zero attached hydrogens (tertiary/aromatic N) is 2. The maximum atomic E-state index is 14.1. The molecule has 3 aromatic carbocycles. The summed E-state index contributed by atoms with van der Waals surface area (Å²) in [6.07, 6.45) is 0.587. The lowest BCUT2D eigenvalue weighted by molar-refractivity contribution is -0.137. The van der Waals surface area contributed by atoms with Crippen molar-refractivity contribution in [1.29, 1.82) is 0 Å². The van der Waals surface area contributed by atoms with Gasteiger partial charge in [-0.2, -0.15) is 13.2 Å². The normalized spacial score (nSPS) is 15.6. The van der Waals surface area contributed by atoms with Crippen LogP contribution in [0.3, 0.4) is 0 Å². The van der Waals surface area contributed by atoms with Gasteiger partial charge in [-0.1, -0.05) is 54.6 Å². The average Bonchev–Trinajstić information content (AvgIpc) is 3.43. The quantitative estimate of drug-likeness (QED) is 0.169. The van der Waals surface area contributed by atoms with Crippen LogP contribution in [0.2, 0.25) is 0 Å². The number of hydrogen-bond acceptors (Lipinski definition) is 5. The second-order valence-electron chi connectivity index (χ2n) is 10.9.